The summed E-state index contributed by atoms with van der Waals surface area (Å²) in [4.78, 5) is 43.8. The van der Waals surface area contributed by atoms with Crippen molar-refractivity contribution in [3.05, 3.63) is 92.1 Å². The number of nitrogens with zero attached hydrogens (tertiary/aromatic N) is 2. The highest BCUT2D eigenvalue weighted by atomic mass is 19.4. The van der Waals surface area contributed by atoms with Crippen LogP contribution in [0.2, 0.25) is 0 Å². The van der Waals surface area contributed by atoms with Crippen molar-refractivity contribution in [1.29, 1.82) is 0 Å². The monoisotopic (exact) mass is 474 g/mol. The number of nitrogens with two attached hydrogens (primary N) is 1. The number of hydrogen-bond donors (Lipinski definition) is 2. The lowest BCUT2D eigenvalue weighted by molar-refractivity contribution is -0.115. The molecule has 0 aliphatic rings. The topological polar surface area (TPSA) is 110 Å². The fourth-order valence-electron chi connectivity index (χ4n) is 3.37. The fraction of sp³-hybridized carbons (Fsp3) is 0.250. The summed E-state index contributed by atoms with van der Waals surface area (Å²) in [6, 6.07) is 8.28. The highest BCUT2D eigenvalue weighted by Crippen LogP contribution is 2.20. The van der Waals surface area contributed by atoms with Gasteiger partial charge in [0.15, 0.2) is 0 Å². The molecule has 0 saturated carbocycles. The first-order valence-electron chi connectivity index (χ1n) is 10.2. The van der Waals surface area contributed by atoms with Crippen LogP contribution in [0, 0.1) is 0 Å². The average Bonchev–Trinajstić information content (AvgIpc) is 2.75. The number of aliphatic imine (C=N–C) groups is 1. The molecular formula is C24H25F3N4O3. The minimum absolute atomic E-state index is 0.0918. The van der Waals surface area contributed by atoms with Crippen LogP contribution in [0.4, 0.5) is 13.2 Å². The smallest absolute Gasteiger partial charge is 0.394 e. The second kappa shape index (κ2) is 10.8. The van der Waals surface area contributed by atoms with E-state index in [-0.39, 0.29) is 23.2 Å². The predicted octanol–water partition coefficient (Wildman–Crippen LogP) is 1.87. The molecule has 10 heteroatoms. The molecule has 0 radical (unpaired) electrons. The third-order valence-electron chi connectivity index (χ3n) is 4.93. The first kappa shape index (κ1) is 26.3. The molecule has 2 rings (SSSR count). The number of nitrogens with one attached hydrogen (secondary N) is 1. The Morgan fingerprint density at radius 3 is 2.38 bits per heavy atom. The number of aromatic nitrogens is 2. The van der Waals surface area contributed by atoms with Gasteiger partial charge in [-0.1, -0.05) is 49.1 Å². The van der Waals surface area contributed by atoms with Crippen molar-refractivity contribution >= 4 is 22.9 Å². The maximum atomic E-state index is 13.3. The van der Waals surface area contributed by atoms with E-state index in [2.05, 4.69) is 16.6 Å². The van der Waals surface area contributed by atoms with E-state index >= 15 is 0 Å². The quantitative estimate of drug-likeness (QED) is 0.492. The maximum Gasteiger partial charge on any atom is 0.431 e. The van der Waals surface area contributed by atoms with Crippen molar-refractivity contribution in [2.45, 2.75) is 39.4 Å². The molecule has 34 heavy (non-hydrogen) atoms. The molecule has 1 aromatic heterocycles. The van der Waals surface area contributed by atoms with E-state index in [0.717, 1.165) is 10.1 Å². The third kappa shape index (κ3) is 6.09. The molecular weight excluding hydrogens is 449 g/mol. The van der Waals surface area contributed by atoms with Crippen molar-refractivity contribution in [1.82, 2.24) is 9.55 Å². The first-order chi connectivity index (χ1) is 15.9. The summed E-state index contributed by atoms with van der Waals surface area (Å²) >= 11 is 0. The Hall–Kier alpha value is -3.95. The zero-order valence-electron chi connectivity index (χ0n) is 18.9. The van der Waals surface area contributed by atoms with Gasteiger partial charge in [0.05, 0.1) is 5.71 Å². The van der Waals surface area contributed by atoms with Crippen molar-refractivity contribution < 1.29 is 18.0 Å². The van der Waals surface area contributed by atoms with E-state index in [1.807, 2.05) is 0 Å². The number of alkyl halides is 3. The number of carbonyl (C=O) groups is 1. The molecule has 0 aliphatic carbocycles. The Kier molecular flexibility index (Phi) is 8.34. The van der Waals surface area contributed by atoms with Gasteiger partial charge in [0.25, 0.3) is 11.1 Å². The molecule has 0 fully saturated rings. The molecule has 0 aliphatic heterocycles. The highest BCUT2D eigenvalue weighted by Gasteiger charge is 2.34. The number of aromatic amines is 1. The minimum Gasteiger partial charge on any atom is -0.394 e. The average molecular weight is 474 g/mol. The molecule has 0 unspecified atom stereocenters. The van der Waals surface area contributed by atoms with Crippen molar-refractivity contribution in [2.75, 3.05) is 0 Å². The van der Waals surface area contributed by atoms with Gasteiger partial charge >= 0.3 is 6.18 Å². The molecule has 180 valence electrons. The van der Waals surface area contributed by atoms with Crippen LogP contribution < -0.4 is 27.6 Å². The maximum absolute atomic E-state index is 13.3. The van der Waals surface area contributed by atoms with Crippen LogP contribution >= 0.6 is 0 Å². The summed E-state index contributed by atoms with van der Waals surface area (Å²) in [7, 11) is 0. The summed E-state index contributed by atoms with van der Waals surface area (Å²) in [6.07, 6.45) is -0.467. The van der Waals surface area contributed by atoms with Crippen LogP contribution in [0.5, 0.6) is 0 Å². The standard InChI is InChI=1S/C24H25F3N4O3/c1-5-6-12-18(29-16(4)32)15(3)21-30-22(33)19(20(28)24(25,26)27)23(34)31(21)14(2)13-17-10-8-7-9-11-17/h5-12,14H,1,13,28H2,2-4H3,(H,30,33)/b12-6-,20-19+,21-15+,29-18?/t14-/m1/s1. The number of amides is 1. The lowest BCUT2D eigenvalue weighted by Crippen LogP contribution is -2.58. The van der Waals surface area contributed by atoms with Crippen LogP contribution in [0.3, 0.4) is 0 Å². The number of allylic oxidation sites excluding steroid dienone is 3. The summed E-state index contributed by atoms with van der Waals surface area (Å²) < 4.78 is 40.9. The van der Waals surface area contributed by atoms with Crippen molar-refractivity contribution in [3.8, 4) is 0 Å². The van der Waals surface area contributed by atoms with Crippen LogP contribution in [0.25, 0.3) is 11.3 Å². The zero-order chi connectivity index (χ0) is 25.6. The van der Waals surface area contributed by atoms with E-state index in [0.29, 0.717) is 0 Å². The lowest BCUT2D eigenvalue weighted by Gasteiger charge is -2.18. The van der Waals surface area contributed by atoms with Gasteiger partial charge in [-0.3, -0.25) is 19.0 Å². The van der Waals surface area contributed by atoms with Gasteiger partial charge < -0.3 is 10.7 Å². The van der Waals surface area contributed by atoms with Gasteiger partial charge in [0.1, 0.15) is 16.4 Å². The lowest BCUT2D eigenvalue weighted by atomic mass is 10.1. The van der Waals surface area contributed by atoms with Crippen LogP contribution in [0.15, 0.2) is 69.7 Å². The summed E-state index contributed by atoms with van der Waals surface area (Å²) in [5.41, 5.74) is 1.91. The van der Waals surface area contributed by atoms with Crippen LogP contribution in [-0.4, -0.2) is 27.3 Å². The van der Waals surface area contributed by atoms with Gasteiger partial charge in [-0.25, -0.2) is 4.99 Å². The number of carbonyl (C=O) groups excluding carboxylic acids is 1. The fourth-order valence-corrected chi connectivity index (χ4v) is 3.37. The van der Waals surface area contributed by atoms with E-state index in [4.69, 9.17) is 5.73 Å². The normalized spacial score (nSPS) is 15.2. The number of benzene rings is 1. The Balaban J connectivity index is 3.05. The SMILES string of the molecule is C=C/C=C\C(=NC(C)=O)/C(C)=c1\[nH]c(=O)/c(=C(\N)C(F)(F)F)c(=O)n1[C@H](C)Cc1ccccc1. The molecule has 1 aromatic carbocycles. The molecule has 2 aromatic rings. The summed E-state index contributed by atoms with van der Waals surface area (Å²) in [5.74, 6) is -0.553. The third-order valence-corrected chi connectivity index (χ3v) is 4.93. The van der Waals surface area contributed by atoms with Gasteiger partial charge in [-0.05, 0) is 31.9 Å². The summed E-state index contributed by atoms with van der Waals surface area (Å²) in [5, 5.41) is -1.20. The van der Waals surface area contributed by atoms with Gasteiger partial charge in [0, 0.05) is 18.5 Å². The first-order valence-corrected chi connectivity index (χ1v) is 10.2. The van der Waals surface area contributed by atoms with E-state index < -0.39 is 40.2 Å². The van der Waals surface area contributed by atoms with E-state index in [9.17, 15) is 27.6 Å². The Bertz CT molecular complexity index is 1380. The van der Waals surface area contributed by atoms with Crippen LogP contribution in [-0.2, 0) is 11.2 Å². The zero-order valence-corrected chi connectivity index (χ0v) is 18.9. The molecule has 1 heterocycles. The van der Waals surface area contributed by atoms with E-state index in [1.54, 1.807) is 37.3 Å². The highest BCUT2D eigenvalue weighted by molar-refractivity contribution is 6.26. The molecule has 0 bridgehead atoms. The Labute approximate surface area is 193 Å². The number of hydrogen-bond acceptors (Lipinski definition) is 4. The summed E-state index contributed by atoms with van der Waals surface area (Å²) in [6.45, 7) is 7.87. The van der Waals surface area contributed by atoms with E-state index in [1.165, 1.54) is 32.1 Å². The Morgan fingerprint density at radius 2 is 1.85 bits per heavy atom. The largest absolute Gasteiger partial charge is 0.431 e. The van der Waals surface area contributed by atoms with Crippen LogP contribution in [0.1, 0.15) is 32.4 Å². The molecule has 7 nitrogen and oxygen atoms in total. The van der Waals surface area contributed by atoms with Gasteiger partial charge in [0.2, 0.25) is 5.91 Å². The second-order valence-corrected chi connectivity index (χ2v) is 7.54. The minimum atomic E-state index is -5.08. The molecule has 0 spiro atoms. The predicted molar refractivity (Wildman–Crippen MR) is 126 cm³/mol. The molecule has 1 amide bonds. The molecule has 1 atom stereocenters. The Morgan fingerprint density at radius 1 is 1.24 bits per heavy atom. The molecule has 0 saturated heterocycles. The number of halogens is 3. The van der Waals surface area contributed by atoms with Gasteiger partial charge in [-0.2, -0.15) is 13.2 Å². The van der Waals surface area contributed by atoms with Gasteiger partial charge in [-0.15, -0.1) is 0 Å². The second-order valence-electron chi connectivity index (χ2n) is 7.54. The van der Waals surface area contributed by atoms with Crippen molar-refractivity contribution in [3.63, 3.8) is 0 Å². The number of H-pyrrole nitrogens is 1. The molecule has 3 N–H and O–H groups in total. The number of rotatable bonds is 6. The van der Waals surface area contributed by atoms with Crippen molar-refractivity contribution in [2.24, 2.45) is 10.7 Å².